The number of amides is 1. The second-order valence-corrected chi connectivity index (χ2v) is 5.20. The molecule has 5 nitrogen and oxygen atoms in total. The molecule has 18 heavy (non-hydrogen) atoms. The number of hydrogen-bond donors (Lipinski definition) is 1. The molecule has 2 heterocycles. The van der Waals surface area contributed by atoms with Gasteiger partial charge in [-0.3, -0.25) is 4.79 Å². The number of thiophene rings is 1. The van der Waals surface area contributed by atoms with Crippen molar-refractivity contribution in [2.75, 3.05) is 6.61 Å². The molecule has 0 spiro atoms. The van der Waals surface area contributed by atoms with Gasteiger partial charge in [0, 0.05) is 4.88 Å². The van der Waals surface area contributed by atoms with Gasteiger partial charge in [0.2, 0.25) is 5.91 Å². The van der Waals surface area contributed by atoms with Gasteiger partial charge in [0.05, 0.1) is 16.8 Å². The van der Waals surface area contributed by atoms with Crippen molar-refractivity contribution in [2.24, 2.45) is 5.73 Å². The lowest BCUT2D eigenvalue weighted by Gasteiger charge is -2.07. The third kappa shape index (κ3) is 2.24. The van der Waals surface area contributed by atoms with E-state index in [1.165, 1.54) is 0 Å². The highest BCUT2D eigenvalue weighted by atomic mass is 32.1. The summed E-state index contributed by atoms with van der Waals surface area (Å²) in [6.45, 7) is 4.00. The van der Waals surface area contributed by atoms with Crippen molar-refractivity contribution in [3.8, 4) is 0 Å². The lowest BCUT2D eigenvalue weighted by atomic mass is 10.4. The molecule has 2 aromatic rings. The van der Waals surface area contributed by atoms with Crippen LogP contribution in [0.2, 0.25) is 0 Å². The lowest BCUT2D eigenvalue weighted by Crippen LogP contribution is -2.22. The summed E-state index contributed by atoms with van der Waals surface area (Å²) in [4.78, 5) is 24.0. The molecule has 0 bridgehead atoms. The van der Waals surface area contributed by atoms with E-state index < -0.39 is 11.9 Å². The van der Waals surface area contributed by atoms with Gasteiger partial charge in [-0.2, -0.15) is 0 Å². The molecule has 2 N–H and O–H groups in total. The molecular weight excluding hydrogens is 252 g/mol. The van der Waals surface area contributed by atoms with E-state index in [0.29, 0.717) is 12.3 Å². The molecule has 0 unspecified atom stereocenters. The van der Waals surface area contributed by atoms with Crippen LogP contribution < -0.4 is 5.73 Å². The maximum absolute atomic E-state index is 11.8. The number of rotatable bonds is 4. The Bertz CT molecular complexity index is 612. The van der Waals surface area contributed by atoms with Crippen molar-refractivity contribution in [1.82, 2.24) is 4.57 Å². The molecule has 0 aliphatic rings. The Morgan fingerprint density at radius 2 is 2.17 bits per heavy atom. The van der Waals surface area contributed by atoms with Crippen LogP contribution >= 0.6 is 11.3 Å². The van der Waals surface area contributed by atoms with Gasteiger partial charge in [0.25, 0.3) is 0 Å². The van der Waals surface area contributed by atoms with E-state index in [2.05, 4.69) is 0 Å². The number of aromatic nitrogens is 1. The molecule has 0 radical (unpaired) electrons. The molecule has 96 valence electrons. The lowest BCUT2D eigenvalue weighted by molar-refractivity contribution is -0.118. The highest BCUT2D eigenvalue weighted by Gasteiger charge is 2.19. The number of carbonyl (C=O) groups is 2. The zero-order chi connectivity index (χ0) is 13.3. The summed E-state index contributed by atoms with van der Waals surface area (Å²) in [5.74, 6) is -0.915. The minimum Gasteiger partial charge on any atom is -0.461 e. The predicted molar refractivity (Wildman–Crippen MR) is 69.7 cm³/mol. The van der Waals surface area contributed by atoms with Crippen LogP contribution in [0.25, 0.3) is 10.2 Å². The average molecular weight is 266 g/mol. The molecule has 1 amide bonds. The van der Waals surface area contributed by atoms with Gasteiger partial charge >= 0.3 is 5.97 Å². The van der Waals surface area contributed by atoms with Crippen molar-refractivity contribution in [2.45, 2.75) is 20.4 Å². The van der Waals surface area contributed by atoms with Gasteiger partial charge in [0.15, 0.2) is 0 Å². The van der Waals surface area contributed by atoms with Crippen molar-refractivity contribution < 1.29 is 14.3 Å². The molecule has 2 aromatic heterocycles. The summed E-state index contributed by atoms with van der Waals surface area (Å²) < 4.78 is 7.54. The Balaban J connectivity index is 2.53. The largest absolute Gasteiger partial charge is 0.461 e. The van der Waals surface area contributed by atoms with Crippen LogP contribution in [-0.4, -0.2) is 23.1 Å². The summed E-state index contributed by atoms with van der Waals surface area (Å²) >= 11 is 1.57. The molecule has 0 atom stereocenters. The summed E-state index contributed by atoms with van der Waals surface area (Å²) in [5.41, 5.74) is 6.43. The summed E-state index contributed by atoms with van der Waals surface area (Å²) in [5, 5.41) is 0. The Labute approximate surface area is 108 Å². The van der Waals surface area contributed by atoms with Crippen LogP contribution in [0.15, 0.2) is 12.1 Å². The number of esters is 1. The number of ether oxygens (including phenoxy) is 1. The van der Waals surface area contributed by atoms with Gasteiger partial charge in [-0.1, -0.05) is 0 Å². The Hall–Kier alpha value is -1.82. The van der Waals surface area contributed by atoms with Crippen molar-refractivity contribution in [3.63, 3.8) is 0 Å². The Kier molecular flexibility index (Phi) is 3.38. The minimum absolute atomic E-state index is 0.0200. The normalized spacial score (nSPS) is 10.8. The maximum atomic E-state index is 11.8. The number of fused-ring (bicyclic) bond motifs is 1. The number of hydrogen-bond acceptors (Lipinski definition) is 4. The number of carbonyl (C=O) groups excluding carboxylic acids is 2. The number of nitrogens with zero attached hydrogens (tertiary/aromatic N) is 1. The highest BCUT2D eigenvalue weighted by Crippen LogP contribution is 2.28. The standard InChI is InChI=1S/C12H14N2O3S/c1-3-17-12(16)9-5-10-8(4-7(2)18-10)14(9)6-11(13)15/h4-5H,3,6H2,1-2H3,(H2,13,15). The van der Waals surface area contributed by atoms with E-state index >= 15 is 0 Å². The third-order valence-electron chi connectivity index (χ3n) is 2.51. The number of nitrogens with two attached hydrogens (primary N) is 1. The van der Waals surface area contributed by atoms with E-state index in [-0.39, 0.29) is 6.54 Å². The maximum Gasteiger partial charge on any atom is 0.355 e. The van der Waals surface area contributed by atoms with Crippen LogP contribution in [0.1, 0.15) is 22.3 Å². The molecule has 0 aliphatic carbocycles. The molecule has 2 rings (SSSR count). The fraction of sp³-hybridized carbons (Fsp3) is 0.333. The molecule has 0 aromatic carbocycles. The molecule has 0 saturated carbocycles. The fourth-order valence-corrected chi connectivity index (χ4v) is 2.83. The van der Waals surface area contributed by atoms with E-state index in [4.69, 9.17) is 10.5 Å². The zero-order valence-electron chi connectivity index (χ0n) is 10.2. The van der Waals surface area contributed by atoms with Crippen LogP contribution in [0.5, 0.6) is 0 Å². The topological polar surface area (TPSA) is 74.3 Å². The smallest absolute Gasteiger partial charge is 0.355 e. The first kappa shape index (κ1) is 12.6. The molecule has 0 saturated heterocycles. The van der Waals surface area contributed by atoms with E-state index in [1.807, 2.05) is 13.0 Å². The quantitative estimate of drug-likeness (QED) is 0.855. The molecule has 6 heteroatoms. The summed E-state index contributed by atoms with van der Waals surface area (Å²) in [7, 11) is 0. The minimum atomic E-state index is -0.484. The van der Waals surface area contributed by atoms with Gasteiger partial charge in [-0.25, -0.2) is 4.79 Å². The zero-order valence-corrected chi connectivity index (χ0v) is 11.0. The average Bonchev–Trinajstić information content (AvgIpc) is 2.77. The first-order valence-electron chi connectivity index (χ1n) is 5.58. The van der Waals surface area contributed by atoms with Crippen LogP contribution in [0.3, 0.4) is 0 Å². The number of aryl methyl sites for hydroxylation is 1. The first-order chi connectivity index (χ1) is 8.52. The Morgan fingerprint density at radius 3 is 2.78 bits per heavy atom. The molecule has 0 aliphatic heterocycles. The van der Waals surface area contributed by atoms with Crippen molar-refractivity contribution >= 4 is 33.4 Å². The predicted octanol–water partition coefficient (Wildman–Crippen LogP) is 1.67. The van der Waals surface area contributed by atoms with Crippen molar-refractivity contribution in [1.29, 1.82) is 0 Å². The van der Waals surface area contributed by atoms with Gasteiger partial charge in [0.1, 0.15) is 12.2 Å². The van der Waals surface area contributed by atoms with E-state index in [9.17, 15) is 9.59 Å². The van der Waals surface area contributed by atoms with Crippen LogP contribution in [0.4, 0.5) is 0 Å². The second-order valence-electron chi connectivity index (χ2n) is 3.91. The highest BCUT2D eigenvalue weighted by molar-refractivity contribution is 7.19. The molecule has 0 fully saturated rings. The van der Waals surface area contributed by atoms with Crippen molar-refractivity contribution in [3.05, 3.63) is 22.7 Å². The fourth-order valence-electron chi connectivity index (χ4n) is 1.87. The van der Waals surface area contributed by atoms with Gasteiger partial charge < -0.3 is 15.0 Å². The van der Waals surface area contributed by atoms with E-state index in [1.54, 1.807) is 28.9 Å². The van der Waals surface area contributed by atoms with E-state index in [0.717, 1.165) is 15.1 Å². The summed E-state index contributed by atoms with van der Waals surface area (Å²) in [6, 6.07) is 3.68. The SMILES string of the molecule is CCOC(=O)c1cc2sc(C)cc2n1CC(N)=O. The Morgan fingerprint density at radius 1 is 1.44 bits per heavy atom. The third-order valence-corrected chi connectivity index (χ3v) is 3.50. The first-order valence-corrected chi connectivity index (χ1v) is 6.39. The second kappa shape index (κ2) is 4.81. The van der Waals surface area contributed by atoms with Crippen LogP contribution in [-0.2, 0) is 16.1 Å². The van der Waals surface area contributed by atoms with Gasteiger partial charge in [-0.05, 0) is 26.0 Å². The van der Waals surface area contributed by atoms with Gasteiger partial charge in [-0.15, -0.1) is 11.3 Å². The van der Waals surface area contributed by atoms with Crippen LogP contribution in [0, 0.1) is 6.92 Å². The molecular formula is C12H14N2O3S. The monoisotopic (exact) mass is 266 g/mol. The summed E-state index contributed by atoms with van der Waals surface area (Å²) in [6.07, 6.45) is 0. The number of primary amides is 1.